The van der Waals surface area contributed by atoms with Crippen molar-refractivity contribution in [3.63, 3.8) is 0 Å². The molecule has 1 heterocycles. The van der Waals surface area contributed by atoms with E-state index in [0.717, 1.165) is 12.1 Å². The maximum Gasteiger partial charge on any atom is 0.573 e. The van der Waals surface area contributed by atoms with Crippen molar-refractivity contribution in [3.8, 4) is 17.2 Å². The van der Waals surface area contributed by atoms with Crippen molar-refractivity contribution in [1.29, 1.82) is 0 Å². The highest BCUT2D eigenvalue weighted by Crippen LogP contribution is 2.34. The Hall–Kier alpha value is -1.98. The van der Waals surface area contributed by atoms with Gasteiger partial charge < -0.3 is 14.2 Å². The fourth-order valence-corrected chi connectivity index (χ4v) is 3.68. The smallest absolute Gasteiger partial charge is 0.454 e. The second-order valence-electron chi connectivity index (χ2n) is 5.15. The monoisotopic (exact) mass is 453 g/mol. The quantitative estimate of drug-likeness (QED) is 0.749. The predicted octanol–water partition coefficient (Wildman–Crippen LogP) is 3.55. The molecule has 1 N–H and O–H groups in total. The average molecular weight is 454 g/mol. The summed E-state index contributed by atoms with van der Waals surface area (Å²) in [6, 6.07) is 8.07. The van der Waals surface area contributed by atoms with Gasteiger partial charge in [0, 0.05) is 11.0 Å². The molecule has 26 heavy (non-hydrogen) atoms. The molecule has 0 radical (unpaired) electrons. The maximum atomic E-state index is 12.5. The number of rotatable bonds is 5. The molecule has 2 aromatic carbocycles. The third-order valence-electron chi connectivity index (χ3n) is 3.32. The van der Waals surface area contributed by atoms with Gasteiger partial charge in [0.1, 0.15) is 4.90 Å². The Balaban J connectivity index is 1.82. The topological polar surface area (TPSA) is 73.9 Å². The van der Waals surface area contributed by atoms with E-state index in [1.54, 1.807) is 18.2 Å². The second-order valence-corrected chi connectivity index (χ2v) is 7.80. The van der Waals surface area contributed by atoms with Crippen LogP contribution in [0.4, 0.5) is 13.2 Å². The zero-order valence-corrected chi connectivity index (χ0v) is 15.2. The number of halogens is 4. The number of fused-ring (bicyclic) bond motifs is 1. The molecule has 140 valence electrons. The Morgan fingerprint density at radius 2 is 1.85 bits per heavy atom. The van der Waals surface area contributed by atoms with Gasteiger partial charge in [0.2, 0.25) is 16.8 Å². The molecule has 0 aromatic heterocycles. The number of sulfonamides is 1. The van der Waals surface area contributed by atoms with Crippen LogP contribution in [0.1, 0.15) is 5.56 Å². The number of hydrogen-bond donors (Lipinski definition) is 1. The van der Waals surface area contributed by atoms with Crippen molar-refractivity contribution < 1.29 is 35.8 Å². The van der Waals surface area contributed by atoms with Gasteiger partial charge in [-0.1, -0.05) is 22.0 Å². The van der Waals surface area contributed by atoms with Crippen LogP contribution in [0.15, 0.2) is 45.8 Å². The number of hydrogen-bond acceptors (Lipinski definition) is 5. The van der Waals surface area contributed by atoms with E-state index in [2.05, 4.69) is 25.4 Å². The molecule has 6 nitrogen and oxygen atoms in total. The largest absolute Gasteiger partial charge is 0.573 e. The van der Waals surface area contributed by atoms with Crippen molar-refractivity contribution in [2.24, 2.45) is 0 Å². The van der Waals surface area contributed by atoms with Crippen molar-refractivity contribution >= 4 is 26.0 Å². The summed E-state index contributed by atoms with van der Waals surface area (Å²) in [6.07, 6.45) is -5.03. The lowest BCUT2D eigenvalue weighted by Gasteiger charge is -2.14. The lowest BCUT2D eigenvalue weighted by molar-refractivity contribution is -0.275. The summed E-state index contributed by atoms with van der Waals surface area (Å²) in [5.41, 5.74) is 0.549. The van der Waals surface area contributed by atoms with Crippen LogP contribution in [0.3, 0.4) is 0 Å². The Morgan fingerprint density at radius 1 is 1.12 bits per heavy atom. The number of alkyl halides is 3. The Bertz CT molecular complexity index is 933. The van der Waals surface area contributed by atoms with E-state index in [9.17, 15) is 21.6 Å². The Morgan fingerprint density at radius 3 is 2.58 bits per heavy atom. The Kier molecular flexibility index (Phi) is 5.04. The zero-order valence-electron chi connectivity index (χ0n) is 12.8. The van der Waals surface area contributed by atoms with Crippen LogP contribution in [-0.4, -0.2) is 21.6 Å². The molecule has 0 aliphatic carbocycles. The van der Waals surface area contributed by atoms with Crippen molar-refractivity contribution in [1.82, 2.24) is 4.72 Å². The fourth-order valence-electron chi connectivity index (χ4n) is 2.22. The van der Waals surface area contributed by atoms with Crippen LogP contribution in [0.2, 0.25) is 0 Å². The summed E-state index contributed by atoms with van der Waals surface area (Å²) in [7, 11) is -4.26. The minimum absolute atomic E-state index is 0.0710. The first-order chi connectivity index (χ1) is 12.1. The third kappa shape index (κ3) is 4.40. The molecule has 1 aliphatic rings. The first-order valence-corrected chi connectivity index (χ1v) is 9.35. The van der Waals surface area contributed by atoms with Crippen LogP contribution in [0.5, 0.6) is 17.2 Å². The third-order valence-corrected chi connectivity index (χ3v) is 5.26. The minimum atomic E-state index is -5.03. The number of ether oxygens (including phenoxy) is 3. The fraction of sp³-hybridized carbons (Fsp3) is 0.200. The van der Waals surface area contributed by atoms with Gasteiger partial charge in [-0.3, -0.25) is 0 Å². The molecule has 0 amide bonds. The molecule has 0 bridgehead atoms. The second kappa shape index (κ2) is 6.97. The van der Waals surface area contributed by atoms with E-state index in [4.69, 9.17) is 9.47 Å². The molecule has 0 unspecified atom stereocenters. The molecule has 0 fully saturated rings. The van der Waals surface area contributed by atoms with Gasteiger partial charge in [-0.15, -0.1) is 13.2 Å². The molecular weight excluding hydrogens is 443 g/mol. The maximum absolute atomic E-state index is 12.5. The first-order valence-electron chi connectivity index (χ1n) is 7.07. The van der Waals surface area contributed by atoms with Gasteiger partial charge in [0.25, 0.3) is 0 Å². The minimum Gasteiger partial charge on any atom is -0.454 e. The van der Waals surface area contributed by atoms with Crippen LogP contribution in [0, 0.1) is 0 Å². The van der Waals surface area contributed by atoms with E-state index in [0.29, 0.717) is 17.1 Å². The molecule has 0 atom stereocenters. The molecule has 0 saturated heterocycles. The van der Waals surface area contributed by atoms with E-state index in [1.165, 1.54) is 6.07 Å². The van der Waals surface area contributed by atoms with E-state index in [1.807, 2.05) is 0 Å². The van der Waals surface area contributed by atoms with Gasteiger partial charge >= 0.3 is 6.36 Å². The number of nitrogens with one attached hydrogen (secondary N) is 1. The highest BCUT2D eigenvalue weighted by molar-refractivity contribution is 9.10. The highest BCUT2D eigenvalue weighted by atomic mass is 79.9. The van der Waals surface area contributed by atoms with Crippen LogP contribution < -0.4 is 18.9 Å². The van der Waals surface area contributed by atoms with E-state index >= 15 is 0 Å². The Labute approximate surface area is 155 Å². The van der Waals surface area contributed by atoms with Gasteiger partial charge in [-0.2, -0.15) is 0 Å². The molecule has 1 aliphatic heterocycles. The first kappa shape index (κ1) is 18.8. The van der Waals surface area contributed by atoms with Gasteiger partial charge in [0.05, 0.1) is 0 Å². The summed E-state index contributed by atoms with van der Waals surface area (Å²) in [5.74, 6) is 0.168. The normalized spacial score (nSPS) is 13.7. The van der Waals surface area contributed by atoms with E-state index in [-0.39, 0.29) is 17.8 Å². The van der Waals surface area contributed by atoms with Crippen LogP contribution in [-0.2, 0) is 16.6 Å². The van der Waals surface area contributed by atoms with Crippen molar-refractivity contribution in [2.75, 3.05) is 6.79 Å². The lowest BCUT2D eigenvalue weighted by atomic mass is 10.2. The molecule has 11 heteroatoms. The molecule has 0 spiro atoms. The molecule has 2 aromatic rings. The van der Waals surface area contributed by atoms with Crippen molar-refractivity contribution in [2.45, 2.75) is 17.8 Å². The highest BCUT2D eigenvalue weighted by Gasteiger charge is 2.34. The summed E-state index contributed by atoms with van der Waals surface area (Å²) >= 11 is 2.99. The lowest BCUT2D eigenvalue weighted by Crippen LogP contribution is -2.25. The zero-order chi connectivity index (χ0) is 18.9. The SMILES string of the molecule is O=S(=O)(NCc1ccc2c(c1)OCO2)c1ccc(Br)cc1OC(F)(F)F. The average Bonchev–Trinajstić information content (AvgIpc) is 2.99. The summed E-state index contributed by atoms with van der Waals surface area (Å²) in [4.78, 5) is -0.626. The van der Waals surface area contributed by atoms with Gasteiger partial charge in [-0.25, -0.2) is 13.1 Å². The predicted molar refractivity (Wildman–Crippen MR) is 87.4 cm³/mol. The standard InChI is InChI=1S/C15H11BrF3NO5S/c16-10-2-4-14(13(6-10)25-15(17,18)19)26(21,22)20-7-9-1-3-11-12(5-9)24-8-23-11/h1-6,20H,7-8H2. The number of benzene rings is 2. The van der Waals surface area contributed by atoms with Gasteiger partial charge in [0.15, 0.2) is 17.2 Å². The van der Waals surface area contributed by atoms with Gasteiger partial charge in [-0.05, 0) is 35.9 Å². The van der Waals surface area contributed by atoms with Crippen molar-refractivity contribution in [3.05, 3.63) is 46.4 Å². The summed E-state index contributed by atoms with van der Waals surface area (Å²) in [5, 5.41) is 0. The molecular formula is C15H11BrF3NO5S. The summed E-state index contributed by atoms with van der Waals surface area (Å²) in [6.45, 7) is -0.0813. The van der Waals surface area contributed by atoms with Crippen LogP contribution >= 0.6 is 15.9 Å². The molecule has 0 saturated carbocycles. The summed E-state index contributed by atoms with van der Waals surface area (Å²) < 4.78 is 79.1. The van der Waals surface area contributed by atoms with Crippen LogP contribution in [0.25, 0.3) is 0 Å². The van der Waals surface area contributed by atoms with E-state index < -0.39 is 27.0 Å². The molecule has 3 rings (SSSR count).